The van der Waals surface area contributed by atoms with E-state index in [1.54, 1.807) is 0 Å². The summed E-state index contributed by atoms with van der Waals surface area (Å²) >= 11 is 5.51. The molecule has 108 valence electrons. The second kappa shape index (κ2) is 6.59. The maximum absolute atomic E-state index is 5.51. The van der Waals surface area contributed by atoms with Gasteiger partial charge in [-0.3, -0.25) is 0 Å². The van der Waals surface area contributed by atoms with E-state index in [1.165, 1.54) is 5.69 Å². The molecule has 2 aromatic rings. The molecule has 1 aliphatic heterocycles. The first-order valence-electron chi connectivity index (χ1n) is 7.24. The lowest BCUT2D eigenvalue weighted by molar-refractivity contribution is 0.391. The highest BCUT2D eigenvalue weighted by atomic mass is 32.1. The highest BCUT2D eigenvalue weighted by molar-refractivity contribution is 7.80. The van der Waals surface area contributed by atoms with Crippen LogP contribution >= 0.6 is 12.2 Å². The van der Waals surface area contributed by atoms with Gasteiger partial charge in [-0.05, 0) is 36.5 Å². The van der Waals surface area contributed by atoms with Crippen molar-refractivity contribution in [3.63, 3.8) is 0 Å². The molecule has 1 N–H and O–H groups in total. The summed E-state index contributed by atoms with van der Waals surface area (Å²) in [6.07, 6.45) is 0. The summed E-state index contributed by atoms with van der Waals surface area (Å²) in [6.45, 7) is 3.91. The van der Waals surface area contributed by atoms with E-state index in [9.17, 15) is 0 Å². The predicted octanol–water partition coefficient (Wildman–Crippen LogP) is 3.21. The number of nitrogens with zero attached hydrogens (tertiary/aromatic N) is 2. The molecule has 0 radical (unpaired) electrons. The summed E-state index contributed by atoms with van der Waals surface area (Å²) in [4.78, 5) is 4.64. The van der Waals surface area contributed by atoms with Gasteiger partial charge in [-0.2, -0.15) is 0 Å². The fraction of sp³-hybridized carbons (Fsp3) is 0.235. The second-order valence-corrected chi connectivity index (χ2v) is 5.49. The molecule has 0 amide bonds. The zero-order valence-corrected chi connectivity index (χ0v) is 12.7. The van der Waals surface area contributed by atoms with E-state index in [-0.39, 0.29) is 0 Å². The summed E-state index contributed by atoms with van der Waals surface area (Å²) in [5.41, 5.74) is 2.34. The third-order valence-electron chi connectivity index (χ3n) is 3.71. The van der Waals surface area contributed by atoms with Crippen LogP contribution in [0.4, 0.5) is 11.4 Å². The van der Waals surface area contributed by atoms with Crippen LogP contribution in [0.15, 0.2) is 60.7 Å². The molecule has 0 bridgehead atoms. The van der Waals surface area contributed by atoms with Gasteiger partial charge in [0.05, 0.1) is 0 Å². The van der Waals surface area contributed by atoms with E-state index >= 15 is 0 Å². The maximum atomic E-state index is 5.51. The Morgan fingerprint density at radius 3 is 2.00 bits per heavy atom. The standard InChI is InChI=1S/C17H19N3S/c21-17(18-15-7-3-1-4-8-15)20-13-11-19(12-14-20)16-9-5-2-6-10-16/h1-10H,11-14H2,(H,18,21). The average molecular weight is 297 g/mol. The highest BCUT2D eigenvalue weighted by Gasteiger charge is 2.18. The summed E-state index contributed by atoms with van der Waals surface area (Å²) in [6, 6.07) is 20.7. The third-order valence-corrected chi connectivity index (χ3v) is 4.07. The van der Waals surface area contributed by atoms with Crippen LogP contribution in [-0.4, -0.2) is 36.2 Å². The SMILES string of the molecule is S=C(Nc1ccccc1)N1CCN(c2ccccc2)CC1. The van der Waals surface area contributed by atoms with Gasteiger partial charge in [0.2, 0.25) is 0 Å². The summed E-state index contributed by atoms with van der Waals surface area (Å²) in [5, 5.41) is 4.12. The molecule has 21 heavy (non-hydrogen) atoms. The molecule has 1 heterocycles. The number of anilines is 2. The molecule has 0 atom stereocenters. The molecule has 0 unspecified atom stereocenters. The Balaban J connectivity index is 1.55. The van der Waals surface area contributed by atoms with Crippen molar-refractivity contribution in [3.8, 4) is 0 Å². The first kappa shape index (κ1) is 13.9. The average Bonchev–Trinajstić information content (AvgIpc) is 2.57. The van der Waals surface area contributed by atoms with Gasteiger partial charge in [0, 0.05) is 37.6 Å². The number of nitrogens with one attached hydrogen (secondary N) is 1. The number of piperazine rings is 1. The van der Waals surface area contributed by atoms with Crippen LogP contribution in [0.25, 0.3) is 0 Å². The molecule has 4 heteroatoms. The third kappa shape index (κ3) is 3.52. The molecule has 3 nitrogen and oxygen atoms in total. The van der Waals surface area contributed by atoms with E-state index in [4.69, 9.17) is 12.2 Å². The quantitative estimate of drug-likeness (QED) is 0.858. The lowest BCUT2D eigenvalue weighted by Crippen LogP contribution is -2.50. The van der Waals surface area contributed by atoms with Crippen molar-refractivity contribution in [3.05, 3.63) is 60.7 Å². The van der Waals surface area contributed by atoms with Gasteiger partial charge in [0.25, 0.3) is 0 Å². The number of hydrogen-bond acceptors (Lipinski definition) is 2. The van der Waals surface area contributed by atoms with E-state index < -0.39 is 0 Å². The minimum Gasteiger partial charge on any atom is -0.368 e. The van der Waals surface area contributed by atoms with Crippen molar-refractivity contribution in [2.45, 2.75) is 0 Å². The zero-order chi connectivity index (χ0) is 14.5. The fourth-order valence-corrected chi connectivity index (χ4v) is 2.83. The minimum absolute atomic E-state index is 0.814. The number of thiocarbonyl (C=S) groups is 1. The Morgan fingerprint density at radius 1 is 0.810 bits per heavy atom. The molecule has 3 rings (SSSR count). The Kier molecular flexibility index (Phi) is 4.36. The zero-order valence-electron chi connectivity index (χ0n) is 11.9. The molecule has 1 aliphatic rings. The van der Waals surface area contributed by atoms with E-state index in [0.29, 0.717) is 0 Å². The predicted molar refractivity (Wildman–Crippen MR) is 92.9 cm³/mol. The number of benzene rings is 2. The summed E-state index contributed by atoms with van der Waals surface area (Å²) in [7, 11) is 0. The molecule has 0 saturated carbocycles. The molecular formula is C17H19N3S. The van der Waals surface area contributed by atoms with E-state index in [2.05, 4.69) is 45.4 Å². The van der Waals surface area contributed by atoms with Crippen LogP contribution in [-0.2, 0) is 0 Å². The largest absolute Gasteiger partial charge is 0.368 e. The van der Waals surface area contributed by atoms with Crippen LogP contribution < -0.4 is 10.2 Å². The Labute approximate surface area is 131 Å². The van der Waals surface area contributed by atoms with Crippen LogP contribution in [0.5, 0.6) is 0 Å². The first-order valence-corrected chi connectivity index (χ1v) is 7.65. The maximum Gasteiger partial charge on any atom is 0.173 e. The van der Waals surface area contributed by atoms with Crippen LogP contribution in [0.1, 0.15) is 0 Å². The molecule has 1 saturated heterocycles. The van der Waals surface area contributed by atoms with Gasteiger partial charge in [-0.15, -0.1) is 0 Å². The summed E-state index contributed by atoms with van der Waals surface area (Å²) in [5.74, 6) is 0. The second-order valence-electron chi connectivity index (χ2n) is 5.11. The van der Waals surface area contributed by atoms with Crippen molar-refractivity contribution >= 4 is 28.7 Å². The van der Waals surface area contributed by atoms with Gasteiger partial charge in [-0.1, -0.05) is 36.4 Å². The normalized spacial score (nSPS) is 14.9. The van der Waals surface area contributed by atoms with Crippen molar-refractivity contribution in [1.82, 2.24) is 4.90 Å². The Bertz CT molecular complexity index is 577. The molecule has 2 aromatic carbocycles. The monoisotopic (exact) mass is 297 g/mol. The number of rotatable bonds is 2. The Morgan fingerprint density at radius 2 is 1.38 bits per heavy atom. The van der Waals surface area contributed by atoms with Crippen LogP contribution in [0.2, 0.25) is 0 Å². The van der Waals surface area contributed by atoms with Crippen LogP contribution in [0.3, 0.4) is 0 Å². The fourth-order valence-electron chi connectivity index (χ4n) is 2.53. The Hall–Kier alpha value is -2.07. The van der Waals surface area contributed by atoms with E-state index in [0.717, 1.165) is 37.0 Å². The van der Waals surface area contributed by atoms with Gasteiger partial charge in [-0.25, -0.2) is 0 Å². The molecular weight excluding hydrogens is 278 g/mol. The van der Waals surface area contributed by atoms with Crippen molar-refractivity contribution in [2.75, 3.05) is 36.4 Å². The minimum atomic E-state index is 0.814. The number of hydrogen-bond donors (Lipinski definition) is 1. The van der Waals surface area contributed by atoms with E-state index in [1.807, 2.05) is 30.3 Å². The van der Waals surface area contributed by atoms with Gasteiger partial charge >= 0.3 is 0 Å². The van der Waals surface area contributed by atoms with Gasteiger partial charge < -0.3 is 15.1 Å². The van der Waals surface area contributed by atoms with Crippen LogP contribution in [0, 0.1) is 0 Å². The topological polar surface area (TPSA) is 18.5 Å². The lowest BCUT2D eigenvalue weighted by atomic mass is 10.2. The number of para-hydroxylation sites is 2. The summed E-state index contributed by atoms with van der Waals surface area (Å²) < 4.78 is 0. The van der Waals surface area contributed by atoms with Crippen molar-refractivity contribution in [1.29, 1.82) is 0 Å². The smallest absolute Gasteiger partial charge is 0.173 e. The molecule has 0 aromatic heterocycles. The van der Waals surface area contributed by atoms with Gasteiger partial charge in [0.15, 0.2) is 5.11 Å². The molecule has 0 aliphatic carbocycles. The lowest BCUT2D eigenvalue weighted by Gasteiger charge is -2.37. The van der Waals surface area contributed by atoms with Crippen molar-refractivity contribution in [2.24, 2.45) is 0 Å². The first-order chi connectivity index (χ1) is 10.3. The molecule has 0 spiro atoms. The molecule has 1 fully saturated rings. The van der Waals surface area contributed by atoms with Crippen molar-refractivity contribution < 1.29 is 0 Å². The highest BCUT2D eigenvalue weighted by Crippen LogP contribution is 2.16. The van der Waals surface area contributed by atoms with Gasteiger partial charge in [0.1, 0.15) is 0 Å².